The fraction of sp³-hybridized carbons (Fsp3) is 0.562. The van der Waals surface area contributed by atoms with Crippen molar-refractivity contribution in [1.82, 2.24) is 4.90 Å². The Bertz CT molecular complexity index is 403. The molecule has 1 saturated carbocycles. The van der Waals surface area contributed by atoms with Crippen molar-refractivity contribution in [2.75, 3.05) is 19.8 Å². The standard InChI is InChI=1S/C16H23NO3/c18-11-5-10-17(15-8-4-9-15)16(19)13-20-12-14-6-2-1-3-7-14/h1-3,6-7,15,18H,4-5,8-13H2. The highest BCUT2D eigenvalue weighted by atomic mass is 16.5. The van der Waals surface area contributed by atoms with E-state index in [1.165, 1.54) is 6.42 Å². The van der Waals surface area contributed by atoms with Gasteiger partial charge in [0.15, 0.2) is 0 Å². The summed E-state index contributed by atoms with van der Waals surface area (Å²) in [6, 6.07) is 10.2. The molecule has 0 saturated heterocycles. The molecule has 0 unspecified atom stereocenters. The van der Waals surface area contributed by atoms with Gasteiger partial charge in [0.25, 0.3) is 0 Å². The van der Waals surface area contributed by atoms with Crippen molar-refractivity contribution >= 4 is 5.91 Å². The molecule has 1 fully saturated rings. The van der Waals surface area contributed by atoms with Crippen LogP contribution in [0.2, 0.25) is 0 Å². The fourth-order valence-electron chi connectivity index (χ4n) is 2.36. The Hall–Kier alpha value is -1.39. The van der Waals surface area contributed by atoms with Crippen molar-refractivity contribution in [3.05, 3.63) is 35.9 Å². The zero-order valence-corrected chi connectivity index (χ0v) is 11.8. The molecular weight excluding hydrogens is 254 g/mol. The summed E-state index contributed by atoms with van der Waals surface area (Å²) in [5, 5.41) is 8.92. The van der Waals surface area contributed by atoms with Crippen LogP contribution in [0.25, 0.3) is 0 Å². The SMILES string of the molecule is O=C(COCc1ccccc1)N(CCCO)C1CCC1. The van der Waals surface area contributed by atoms with Gasteiger partial charge in [-0.25, -0.2) is 0 Å². The highest BCUT2D eigenvalue weighted by molar-refractivity contribution is 5.77. The highest BCUT2D eigenvalue weighted by Crippen LogP contribution is 2.25. The van der Waals surface area contributed by atoms with Crippen molar-refractivity contribution in [2.24, 2.45) is 0 Å². The summed E-state index contributed by atoms with van der Waals surface area (Å²) in [6.45, 7) is 1.35. The van der Waals surface area contributed by atoms with Crippen LogP contribution in [0, 0.1) is 0 Å². The summed E-state index contributed by atoms with van der Waals surface area (Å²) in [5.74, 6) is 0.0408. The Morgan fingerprint density at radius 3 is 2.65 bits per heavy atom. The Morgan fingerprint density at radius 2 is 2.05 bits per heavy atom. The minimum Gasteiger partial charge on any atom is -0.396 e. The Labute approximate surface area is 120 Å². The van der Waals surface area contributed by atoms with Crippen molar-refractivity contribution < 1.29 is 14.6 Å². The van der Waals surface area contributed by atoms with Gasteiger partial charge in [-0.1, -0.05) is 30.3 Å². The molecule has 0 aromatic heterocycles. The average molecular weight is 277 g/mol. The van der Waals surface area contributed by atoms with Crippen molar-refractivity contribution in [3.8, 4) is 0 Å². The van der Waals surface area contributed by atoms with E-state index in [0.29, 0.717) is 25.6 Å². The molecule has 1 aromatic carbocycles. The predicted molar refractivity (Wildman–Crippen MR) is 77.2 cm³/mol. The maximum Gasteiger partial charge on any atom is 0.248 e. The van der Waals surface area contributed by atoms with Gasteiger partial charge >= 0.3 is 0 Å². The number of nitrogens with zero attached hydrogens (tertiary/aromatic N) is 1. The monoisotopic (exact) mass is 277 g/mol. The van der Waals surface area contributed by atoms with Crippen LogP contribution < -0.4 is 0 Å². The number of aliphatic hydroxyl groups is 1. The summed E-state index contributed by atoms with van der Waals surface area (Å²) in [6.07, 6.45) is 3.99. The summed E-state index contributed by atoms with van der Waals surface area (Å²) in [4.78, 5) is 14.1. The van der Waals surface area contributed by atoms with Crippen LogP contribution >= 0.6 is 0 Å². The highest BCUT2D eigenvalue weighted by Gasteiger charge is 2.28. The molecule has 0 heterocycles. The van der Waals surface area contributed by atoms with Crippen LogP contribution in [-0.2, 0) is 16.1 Å². The molecule has 0 spiro atoms. The van der Waals surface area contributed by atoms with Crippen LogP contribution in [0.5, 0.6) is 0 Å². The maximum absolute atomic E-state index is 12.2. The number of rotatable bonds is 8. The fourth-order valence-corrected chi connectivity index (χ4v) is 2.36. The van der Waals surface area contributed by atoms with Gasteiger partial charge in [-0.05, 0) is 31.2 Å². The molecule has 0 bridgehead atoms. The second-order valence-corrected chi connectivity index (χ2v) is 5.23. The van der Waals surface area contributed by atoms with E-state index in [2.05, 4.69) is 0 Å². The number of benzene rings is 1. The third kappa shape index (κ3) is 4.32. The first-order chi connectivity index (χ1) is 9.81. The van der Waals surface area contributed by atoms with Crippen LogP contribution in [-0.4, -0.2) is 41.7 Å². The third-order valence-corrected chi connectivity index (χ3v) is 3.73. The van der Waals surface area contributed by atoms with Gasteiger partial charge < -0.3 is 14.7 Å². The lowest BCUT2D eigenvalue weighted by Gasteiger charge is -2.37. The number of aliphatic hydroxyl groups excluding tert-OH is 1. The quantitative estimate of drug-likeness (QED) is 0.790. The van der Waals surface area contributed by atoms with E-state index < -0.39 is 0 Å². The molecule has 4 nitrogen and oxygen atoms in total. The first-order valence-corrected chi connectivity index (χ1v) is 7.33. The van der Waals surface area contributed by atoms with Gasteiger partial charge in [0.2, 0.25) is 5.91 Å². The van der Waals surface area contributed by atoms with Gasteiger partial charge in [0, 0.05) is 19.2 Å². The van der Waals surface area contributed by atoms with Crippen molar-refractivity contribution in [3.63, 3.8) is 0 Å². The number of carbonyl (C=O) groups is 1. The smallest absolute Gasteiger partial charge is 0.248 e. The van der Waals surface area contributed by atoms with E-state index in [4.69, 9.17) is 9.84 Å². The van der Waals surface area contributed by atoms with Crippen molar-refractivity contribution in [1.29, 1.82) is 0 Å². The molecule has 1 aromatic rings. The lowest BCUT2D eigenvalue weighted by Crippen LogP contribution is -2.46. The van der Waals surface area contributed by atoms with Gasteiger partial charge in [0.1, 0.15) is 6.61 Å². The summed E-state index contributed by atoms with van der Waals surface area (Å²) < 4.78 is 5.51. The van der Waals surface area contributed by atoms with E-state index in [-0.39, 0.29) is 19.1 Å². The topological polar surface area (TPSA) is 49.8 Å². The molecule has 20 heavy (non-hydrogen) atoms. The number of amides is 1. The largest absolute Gasteiger partial charge is 0.396 e. The van der Waals surface area contributed by atoms with Gasteiger partial charge in [-0.3, -0.25) is 4.79 Å². The zero-order chi connectivity index (χ0) is 14.2. The summed E-state index contributed by atoms with van der Waals surface area (Å²) in [7, 11) is 0. The molecule has 1 N–H and O–H groups in total. The van der Waals surface area contributed by atoms with Gasteiger partial charge in [0.05, 0.1) is 6.61 Å². The molecule has 0 atom stereocenters. The van der Waals surface area contributed by atoms with E-state index in [1.807, 2.05) is 35.2 Å². The van der Waals surface area contributed by atoms with E-state index in [1.54, 1.807) is 0 Å². The Balaban J connectivity index is 1.76. The van der Waals surface area contributed by atoms with Crippen LogP contribution in [0.15, 0.2) is 30.3 Å². The molecule has 1 aliphatic carbocycles. The molecule has 1 aliphatic rings. The summed E-state index contributed by atoms with van der Waals surface area (Å²) in [5.41, 5.74) is 1.07. The maximum atomic E-state index is 12.2. The van der Waals surface area contributed by atoms with Crippen molar-refractivity contribution in [2.45, 2.75) is 38.3 Å². The van der Waals surface area contributed by atoms with Crippen LogP contribution in [0.3, 0.4) is 0 Å². The number of carbonyl (C=O) groups excluding carboxylic acids is 1. The molecule has 0 aliphatic heterocycles. The van der Waals surface area contributed by atoms with E-state index >= 15 is 0 Å². The molecule has 0 radical (unpaired) electrons. The number of ether oxygens (including phenoxy) is 1. The van der Waals surface area contributed by atoms with Gasteiger partial charge in [-0.15, -0.1) is 0 Å². The number of hydrogen-bond donors (Lipinski definition) is 1. The average Bonchev–Trinajstić information content (AvgIpc) is 2.42. The normalized spacial score (nSPS) is 14.8. The summed E-state index contributed by atoms with van der Waals surface area (Å²) >= 11 is 0. The molecule has 1 amide bonds. The van der Waals surface area contributed by atoms with E-state index in [0.717, 1.165) is 18.4 Å². The minimum absolute atomic E-state index is 0.0408. The minimum atomic E-state index is 0.0408. The van der Waals surface area contributed by atoms with Gasteiger partial charge in [-0.2, -0.15) is 0 Å². The first kappa shape index (κ1) is 15.0. The Morgan fingerprint density at radius 1 is 1.30 bits per heavy atom. The Kier molecular flexibility index (Phi) is 6.02. The van der Waals surface area contributed by atoms with E-state index in [9.17, 15) is 4.79 Å². The number of hydrogen-bond acceptors (Lipinski definition) is 3. The molecule has 110 valence electrons. The zero-order valence-electron chi connectivity index (χ0n) is 11.8. The first-order valence-electron chi connectivity index (χ1n) is 7.33. The third-order valence-electron chi connectivity index (χ3n) is 3.73. The van der Waals surface area contributed by atoms with Crippen LogP contribution in [0.4, 0.5) is 0 Å². The lowest BCUT2D eigenvalue weighted by atomic mass is 9.91. The predicted octanol–water partition coefficient (Wildman–Crippen LogP) is 1.97. The van der Waals surface area contributed by atoms with Crippen LogP contribution in [0.1, 0.15) is 31.2 Å². The molecule has 2 rings (SSSR count). The lowest BCUT2D eigenvalue weighted by molar-refractivity contribution is -0.140. The second-order valence-electron chi connectivity index (χ2n) is 5.23. The molecule has 4 heteroatoms. The second kappa shape index (κ2) is 8.02. The molecular formula is C16H23NO3.